The molecule has 1 heterocycles. The van der Waals surface area contributed by atoms with Crippen LogP contribution in [0.25, 0.3) is 10.8 Å². The quantitative estimate of drug-likeness (QED) is 0.555. The summed E-state index contributed by atoms with van der Waals surface area (Å²) in [5, 5.41) is 21.7. The van der Waals surface area contributed by atoms with E-state index in [-0.39, 0.29) is 0 Å². The Kier molecular flexibility index (Phi) is 6.58. The summed E-state index contributed by atoms with van der Waals surface area (Å²) in [6, 6.07) is 8.73. The minimum Gasteiger partial charge on any atom is -0.385 e. The standard InChI is InChI=1S/C22H29N3O2/c1-26-11-5-3-7-15-9-10-18-17(13-15)14-16(8-4-6-12-27-2)19-20(18)22(24)25-21(19)23/h9-10,13-14H,3-8,11-12H2,1-2H3,(H3,23,24,25). The molecular formula is C22H29N3O2. The molecule has 0 aliphatic carbocycles. The maximum absolute atomic E-state index is 8.31. The lowest BCUT2D eigenvalue weighted by Crippen LogP contribution is -2.20. The van der Waals surface area contributed by atoms with Crippen LogP contribution in [-0.4, -0.2) is 39.1 Å². The zero-order valence-electron chi connectivity index (χ0n) is 16.3. The van der Waals surface area contributed by atoms with Crippen molar-refractivity contribution in [1.29, 1.82) is 10.8 Å². The zero-order chi connectivity index (χ0) is 19.2. The topological polar surface area (TPSA) is 78.2 Å². The molecule has 5 heteroatoms. The predicted molar refractivity (Wildman–Crippen MR) is 110 cm³/mol. The lowest BCUT2D eigenvalue weighted by molar-refractivity contribution is 0.193. The smallest absolute Gasteiger partial charge is 0.132 e. The molecule has 0 fully saturated rings. The molecule has 27 heavy (non-hydrogen) atoms. The van der Waals surface area contributed by atoms with Gasteiger partial charge >= 0.3 is 0 Å². The Balaban J connectivity index is 1.92. The Morgan fingerprint density at radius 3 is 2.19 bits per heavy atom. The number of fused-ring (bicyclic) bond motifs is 3. The van der Waals surface area contributed by atoms with Crippen molar-refractivity contribution in [3.05, 3.63) is 46.5 Å². The average molecular weight is 367 g/mol. The number of ether oxygens (including phenoxy) is 2. The molecule has 0 spiro atoms. The highest BCUT2D eigenvalue weighted by molar-refractivity contribution is 6.28. The third kappa shape index (κ3) is 4.37. The molecule has 0 unspecified atom stereocenters. The van der Waals surface area contributed by atoms with E-state index < -0.39 is 0 Å². The average Bonchev–Trinajstić information content (AvgIpc) is 2.97. The maximum Gasteiger partial charge on any atom is 0.132 e. The van der Waals surface area contributed by atoms with Crippen LogP contribution in [0.1, 0.15) is 47.9 Å². The van der Waals surface area contributed by atoms with E-state index in [2.05, 4.69) is 29.6 Å². The first-order valence-electron chi connectivity index (χ1n) is 9.67. The highest BCUT2D eigenvalue weighted by Gasteiger charge is 2.26. The van der Waals surface area contributed by atoms with E-state index in [0.29, 0.717) is 11.7 Å². The normalized spacial score (nSPS) is 13.3. The number of aryl methyl sites for hydroxylation is 2. The minimum absolute atomic E-state index is 0.339. The molecule has 0 amide bonds. The number of amidine groups is 2. The fourth-order valence-corrected chi connectivity index (χ4v) is 3.80. The van der Waals surface area contributed by atoms with Crippen molar-refractivity contribution in [3.63, 3.8) is 0 Å². The third-order valence-corrected chi connectivity index (χ3v) is 5.14. The van der Waals surface area contributed by atoms with E-state index in [1.165, 1.54) is 10.9 Å². The van der Waals surface area contributed by atoms with Crippen LogP contribution in [0.4, 0.5) is 0 Å². The van der Waals surface area contributed by atoms with Crippen molar-refractivity contribution in [2.24, 2.45) is 0 Å². The summed E-state index contributed by atoms with van der Waals surface area (Å²) < 4.78 is 10.3. The Labute approximate surface area is 161 Å². The molecule has 0 bridgehead atoms. The first-order valence-corrected chi connectivity index (χ1v) is 9.67. The summed E-state index contributed by atoms with van der Waals surface area (Å²) in [7, 11) is 3.47. The van der Waals surface area contributed by atoms with E-state index in [4.69, 9.17) is 20.3 Å². The summed E-state index contributed by atoms with van der Waals surface area (Å²) in [5.41, 5.74) is 4.25. The van der Waals surface area contributed by atoms with Gasteiger partial charge in [-0.2, -0.15) is 0 Å². The van der Waals surface area contributed by atoms with Gasteiger partial charge < -0.3 is 14.8 Å². The summed E-state index contributed by atoms with van der Waals surface area (Å²) >= 11 is 0. The van der Waals surface area contributed by atoms with Crippen LogP contribution < -0.4 is 5.32 Å². The Hall–Kier alpha value is -2.24. The Morgan fingerprint density at radius 2 is 1.48 bits per heavy atom. The second kappa shape index (κ2) is 9.11. The number of methoxy groups -OCH3 is 2. The summed E-state index contributed by atoms with van der Waals surface area (Å²) in [6.07, 6.45) is 6.12. The van der Waals surface area contributed by atoms with Crippen molar-refractivity contribution in [2.75, 3.05) is 27.4 Å². The number of hydrogen-bond donors (Lipinski definition) is 3. The Bertz CT molecular complexity index is 845. The number of hydrogen-bond acceptors (Lipinski definition) is 4. The molecule has 0 saturated carbocycles. The largest absolute Gasteiger partial charge is 0.385 e. The molecule has 0 saturated heterocycles. The van der Waals surface area contributed by atoms with Gasteiger partial charge in [0.05, 0.1) is 0 Å². The van der Waals surface area contributed by atoms with Crippen molar-refractivity contribution in [3.8, 4) is 0 Å². The van der Waals surface area contributed by atoms with Crippen LogP contribution in [0.3, 0.4) is 0 Å². The van der Waals surface area contributed by atoms with E-state index in [0.717, 1.165) is 73.8 Å². The first kappa shape index (κ1) is 19.5. The van der Waals surface area contributed by atoms with Gasteiger partial charge in [0.1, 0.15) is 11.7 Å². The van der Waals surface area contributed by atoms with E-state index in [1.54, 1.807) is 14.2 Å². The lowest BCUT2D eigenvalue weighted by atomic mass is 9.91. The molecule has 0 radical (unpaired) electrons. The first-order chi connectivity index (χ1) is 13.2. The molecule has 2 aromatic carbocycles. The highest BCUT2D eigenvalue weighted by atomic mass is 16.5. The number of rotatable bonds is 10. The van der Waals surface area contributed by atoms with Crippen molar-refractivity contribution < 1.29 is 9.47 Å². The van der Waals surface area contributed by atoms with Crippen molar-refractivity contribution in [1.82, 2.24) is 5.32 Å². The third-order valence-electron chi connectivity index (χ3n) is 5.14. The van der Waals surface area contributed by atoms with E-state index >= 15 is 0 Å². The fraction of sp³-hybridized carbons (Fsp3) is 0.455. The van der Waals surface area contributed by atoms with Crippen LogP contribution in [0.5, 0.6) is 0 Å². The van der Waals surface area contributed by atoms with Crippen molar-refractivity contribution >= 4 is 22.4 Å². The number of unbranched alkanes of at least 4 members (excludes halogenated alkanes) is 2. The molecule has 1 aliphatic rings. The van der Waals surface area contributed by atoms with Gasteiger partial charge in [0, 0.05) is 38.6 Å². The second-order valence-electron chi connectivity index (χ2n) is 7.12. The highest BCUT2D eigenvalue weighted by Crippen LogP contribution is 2.31. The number of nitrogens with one attached hydrogen (secondary N) is 3. The molecule has 3 rings (SSSR count). The van der Waals surface area contributed by atoms with E-state index in [1.807, 2.05) is 0 Å². The van der Waals surface area contributed by atoms with Crippen LogP contribution in [0.15, 0.2) is 24.3 Å². The van der Waals surface area contributed by atoms with Gasteiger partial charge in [-0.3, -0.25) is 10.8 Å². The summed E-state index contributed by atoms with van der Waals surface area (Å²) in [6.45, 7) is 1.56. The predicted octanol–water partition coefficient (Wildman–Crippen LogP) is 4.03. The van der Waals surface area contributed by atoms with E-state index in [9.17, 15) is 0 Å². The molecule has 5 nitrogen and oxygen atoms in total. The van der Waals surface area contributed by atoms with Gasteiger partial charge in [-0.15, -0.1) is 0 Å². The number of benzene rings is 2. The zero-order valence-corrected chi connectivity index (χ0v) is 16.3. The lowest BCUT2D eigenvalue weighted by Gasteiger charge is -2.12. The minimum atomic E-state index is 0.339. The van der Waals surface area contributed by atoms with Gasteiger partial charge in [-0.25, -0.2) is 0 Å². The molecule has 144 valence electrons. The van der Waals surface area contributed by atoms with Crippen LogP contribution in [0.2, 0.25) is 0 Å². The molecular weight excluding hydrogens is 338 g/mol. The molecule has 3 N–H and O–H groups in total. The summed E-state index contributed by atoms with van der Waals surface area (Å²) in [5.74, 6) is 0.689. The van der Waals surface area contributed by atoms with Gasteiger partial charge in [0.2, 0.25) is 0 Å². The van der Waals surface area contributed by atoms with Gasteiger partial charge in [0.25, 0.3) is 0 Å². The van der Waals surface area contributed by atoms with Gasteiger partial charge in [0.15, 0.2) is 0 Å². The fourth-order valence-electron chi connectivity index (χ4n) is 3.80. The Morgan fingerprint density at radius 1 is 0.815 bits per heavy atom. The maximum atomic E-state index is 8.31. The van der Waals surface area contributed by atoms with Crippen molar-refractivity contribution in [2.45, 2.75) is 38.5 Å². The summed E-state index contributed by atoms with van der Waals surface area (Å²) in [4.78, 5) is 0. The van der Waals surface area contributed by atoms with Crippen LogP contribution >= 0.6 is 0 Å². The molecule has 0 atom stereocenters. The van der Waals surface area contributed by atoms with Crippen LogP contribution in [-0.2, 0) is 22.3 Å². The second-order valence-corrected chi connectivity index (χ2v) is 7.12. The monoisotopic (exact) mass is 367 g/mol. The van der Waals surface area contributed by atoms with Gasteiger partial charge in [-0.1, -0.05) is 24.3 Å². The molecule has 1 aliphatic heterocycles. The SMILES string of the molecule is COCCCCc1ccc2c3c(c(CCCCOC)cc2c1)C(=N)NC3=N. The van der Waals surface area contributed by atoms with Crippen LogP contribution in [0, 0.1) is 10.8 Å². The molecule has 2 aromatic rings. The van der Waals surface area contributed by atoms with Gasteiger partial charge in [-0.05, 0) is 60.4 Å². The molecule has 0 aromatic heterocycles.